The second-order valence-electron chi connectivity index (χ2n) is 4.56. The molecule has 2 aromatic heterocycles. The van der Waals surface area contributed by atoms with Crippen LogP contribution in [0.3, 0.4) is 0 Å². The average molecular weight is 268 g/mol. The maximum atomic E-state index is 12.0. The fourth-order valence-corrected chi connectivity index (χ4v) is 2.48. The topological polar surface area (TPSA) is 99.1 Å². The summed E-state index contributed by atoms with van der Waals surface area (Å²) in [6.45, 7) is 0. The summed E-state index contributed by atoms with van der Waals surface area (Å²) in [6.07, 6.45) is 0. The summed E-state index contributed by atoms with van der Waals surface area (Å²) >= 11 is 0. The van der Waals surface area contributed by atoms with Gasteiger partial charge in [-0.15, -0.1) is 0 Å². The van der Waals surface area contributed by atoms with Crippen LogP contribution in [0.1, 0.15) is 0 Å². The summed E-state index contributed by atoms with van der Waals surface area (Å²) in [4.78, 5) is 28.6. The Kier molecular flexibility index (Phi) is 1.90. The lowest BCUT2D eigenvalue weighted by atomic mass is 10.1. The van der Waals surface area contributed by atoms with Crippen LogP contribution < -0.4 is 11.3 Å². The van der Waals surface area contributed by atoms with Crippen LogP contribution in [0.25, 0.3) is 32.8 Å². The number of aromatic hydroxyl groups is 1. The molecule has 0 fully saturated rings. The number of nitrogens with one attached hydrogen (secondary N) is 2. The van der Waals surface area contributed by atoms with Gasteiger partial charge in [0.05, 0.1) is 10.9 Å². The van der Waals surface area contributed by atoms with Crippen molar-refractivity contribution in [2.24, 2.45) is 0 Å². The number of hydrogen-bond donors (Lipinski definition) is 3. The van der Waals surface area contributed by atoms with Crippen LogP contribution in [0.2, 0.25) is 0 Å². The zero-order valence-corrected chi connectivity index (χ0v) is 10.1. The molecule has 4 aromatic rings. The molecule has 0 saturated heterocycles. The van der Waals surface area contributed by atoms with Crippen molar-refractivity contribution >= 4 is 32.8 Å². The highest BCUT2D eigenvalue weighted by atomic mass is 16.4. The zero-order valence-electron chi connectivity index (χ0n) is 10.1. The number of H-pyrrole nitrogens is 2. The van der Waals surface area contributed by atoms with Crippen LogP contribution in [0.15, 0.2) is 44.3 Å². The second kappa shape index (κ2) is 3.51. The molecular formula is C14H8N2O4. The van der Waals surface area contributed by atoms with Crippen LogP contribution >= 0.6 is 0 Å². The Bertz CT molecular complexity index is 1100. The summed E-state index contributed by atoms with van der Waals surface area (Å²) < 4.78 is 5.30. The lowest BCUT2D eigenvalue weighted by Gasteiger charge is -2.03. The van der Waals surface area contributed by atoms with Gasteiger partial charge in [-0.2, -0.15) is 0 Å². The molecule has 20 heavy (non-hydrogen) atoms. The molecule has 0 unspecified atom stereocenters. The molecule has 0 aliphatic carbocycles. The van der Waals surface area contributed by atoms with Gasteiger partial charge in [-0.05, 0) is 30.3 Å². The van der Waals surface area contributed by atoms with E-state index in [1.807, 2.05) is 0 Å². The minimum Gasteiger partial charge on any atom is -0.508 e. The fourth-order valence-electron chi connectivity index (χ4n) is 2.48. The van der Waals surface area contributed by atoms with Gasteiger partial charge in [0.2, 0.25) is 0 Å². The van der Waals surface area contributed by atoms with Crippen molar-refractivity contribution in [2.75, 3.05) is 0 Å². The number of aromatic nitrogens is 2. The molecule has 6 heteroatoms. The van der Waals surface area contributed by atoms with Crippen molar-refractivity contribution in [3.63, 3.8) is 0 Å². The number of hydrogen-bond acceptors (Lipinski definition) is 4. The van der Waals surface area contributed by atoms with Crippen molar-refractivity contribution in [1.29, 1.82) is 0 Å². The smallest absolute Gasteiger partial charge is 0.344 e. The SMILES string of the molecule is O=c1[nH]c2ccc3c4ccc(O)cc4c(=O)oc3c2[nH]1. The van der Waals surface area contributed by atoms with E-state index in [2.05, 4.69) is 9.97 Å². The summed E-state index contributed by atoms with van der Waals surface area (Å²) in [7, 11) is 0. The Labute approximate surface area is 110 Å². The molecule has 0 aliphatic heterocycles. The molecular weight excluding hydrogens is 260 g/mol. The first kappa shape index (κ1) is 10.9. The van der Waals surface area contributed by atoms with Gasteiger partial charge in [-0.3, -0.25) is 0 Å². The van der Waals surface area contributed by atoms with Crippen LogP contribution in [-0.4, -0.2) is 15.1 Å². The normalized spacial score (nSPS) is 11.6. The Hall–Kier alpha value is -3.02. The molecule has 4 rings (SSSR count). The molecule has 0 spiro atoms. The molecule has 3 N–H and O–H groups in total. The van der Waals surface area contributed by atoms with Crippen LogP contribution in [0.5, 0.6) is 5.75 Å². The highest BCUT2D eigenvalue weighted by molar-refractivity contribution is 6.12. The van der Waals surface area contributed by atoms with Crippen LogP contribution in [-0.2, 0) is 0 Å². The Morgan fingerprint density at radius 3 is 2.60 bits per heavy atom. The largest absolute Gasteiger partial charge is 0.508 e. The molecule has 6 nitrogen and oxygen atoms in total. The third kappa shape index (κ3) is 1.33. The minimum atomic E-state index is -0.557. The zero-order chi connectivity index (χ0) is 13.9. The van der Waals surface area contributed by atoms with Crippen molar-refractivity contribution in [2.45, 2.75) is 0 Å². The van der Waals surface area contributed by atoms with E-state index in [1.165, 1.54) is 12.1 Å². The lowest BCUT2D eigenvalue weighted by Crippen LogP contribution is -2.01. The van der Waals surface area contributed by atoms with Gasteiger partial charge in [-0.1, -0.05) is 0 Å². The van der Waals surface area contributed by atoms with Crippen LogP contribution in [0, 0.1) is 0 Å². The number of benzene rings is 2. The molecule has 0 amide bonds. The number of rotatable bonds is 0. The second-order valence-corrected chi connectivity index (χ2v) is 4.56. The van der Waals surface area contributed by atoms with Crippen molar-refractivity contribution in [3.8, 4) is 5.75 Å². The highest BCUT2D eigenvalue weighted by Crippen LogP contribution is 2.28. The number of imidazole rings is 1. The van der Waals surface area contributed by atoms with Gasteiger partial charge >= 0.3 is 11.3 Å². The number of phenols is 1. The van der Waals surface area contributed by atoms with Gasteiger partial charge in [-0.25, -0.2) is 9.59 Å². The first-order valence-corrected chi connectivity index (χ1v) is 5.94. The maximum absolute atomic E-state index is 12.0. The lowest BCUT2D eigenvalue weighted by molar-refractivity contribution is 0.475. The highest BCUT2D eigenvalue weighted by Gasteiger charge is 2.12. The predicted molar refractivity (Wildman–Crippen MR) is 74.1 cm³/mol. The molecule has 2 aromatic carbocycles. The number of fused-ring (bicyclic) bond motifs is 5. The summed E-state index contributed by atoms with van der Waals surface area (Å²) in [5.41, 5.74) is 0.436. The molecule has 0 aliphatic rings. The van der Waals surface area contributed by atoms with E-state index >= 15 is 0 Å². The molecule has 0 radical (unpaired) electrons. The molecule has 98 valence electrons. The van der Waals surface area contributed by atoms with E-state index in [9.17, 15) is 14.7 Å². The van der Waals surface area contributed by atoms with Crippen molar-refractivity contribution < 1.29 is 9.52 Å². The number of aromatic amines is 2. The molecule has 0 bridgehead atoms. The van der Waals surface area contributed by atoms with Crippen LogP contribution in [0.4, 0.5) is 0 Å². The average Bonchev–Trinajstić information content (AvgIpc) is 2.80. The van der Waals surface area contributed by atoms with Gasteiger partial charge < -0.3 is 19.5 Å². The van der Waals surface area contributed by atoms with Gasteiger partial charge in [0.25, 0.3) is 0 Å². The van der Waals surface area contributed by atoms with Crippen molar-refractivity contribution in [3.05, 3.63) is 51.2 Å². The quantitative estimate of drug-likeness (QED) is 0.334. The van der Waals surface area contributed by atoms with E-state index in [4.69, 9.17) is 4.42 Å². The van der Waals surface area contributed by atoms with Gasteiger partial charge in [0.15, 0.2) is 5.58 Å². The van der Waals surface area contributed by atoms with E-state index < -0.39 is 5.63 Å². The van der Waals surface area contributed by atoms with Crippen molar-refractivity contribution in [1.82, 2.24) is 9.97 Å². The summed E-state index contributed by atoms with van der Waals surface area (Å²) in [5, 5.41) is 11.1. The van der Waals surface area contributed by atoms with E-state index in [0.29, 0.717) is 32.8 Å². The minimum absolute atomic E-state index is 0.000259. The van der Waals surface area contributed by atoms with E-state index in [-0.39, 0.29) is 11.4 Å². The van der Waals surface area contributed by atoms with Gasteiger partial charge in [0.1, 0.15) is 11.3 Å². The summed E-state index contributed by atoms with van der Waals surface area (Å²) in [5.74, 6) is 0.000259. The summed E-state index contributed by atoms with van der Waals surface area (Å²) in [6, 6.07) is 8.03. The van der Waals surface area contributed by atoms with E-state index in [0.717, 1.165) is 0 Å². The number of phenolic OH excluding ortho intramolecular Hbond substituents is 1. The maximum Gasteiger partial charge on any atom is 0.344 e. The fraction of sp³-hybridized carbons (Fsp3) is 0. The third-order valence-corrected chi connectivity index (χ3v) is 3.35. The first-order valence-electron chi connectivity index (χ1n) is 5.94. The van der Waals surface area contributed by atoms with Gasteiger partial charge in [0, 0.05) is 10.8 Å². The third-order valence-electron chi connectivity index (χ3n) is 3.35. The molecule has 0 atom stereocenters. The Balaban J connectivity index is 2.35. The Morgan fingerprint density at radius 2 is 1.75 bits per heavy atom. The molecule has 0 saturated carbocycles. The molecule has 2 heterocycles. The standard InChI is InChI=1S/C14H8N2O4/c17-6-1-2-7-8-3-4-10-11(16-14(19)15-10)12(8)20-13(18)9(7)5-6/h1-5,17H,(H2,15,16,19). The predicted octanol–water partition coefficient (Wildman–Crippen LogP) is 1.82. The van der Waals surface area contributed by atoms with E-state index in [1.54, 1.807) is 18.2 Å². The first-order chi connectivity index (χ1) is 9.63. The monoisotopic (exact) mass is 268 g/mol. The Morgan fingerprint density at radius 1 is 0.950 bits per heavy atom.